The largest absolute Gasteiger partial charge is 0.706 e. The summed E-state index contributed by atoms with van der Waals surface area (Å²) in [6.07, 6.45) is 22.1. The zero-order chi connectivity index (χ0) is 30.8. The van der Waals surface area contributed by atoms with Crippen LogP contribution in [-0.4, -0.2) is 61.3 Å². The molecule has 0 aromatic heterocycles. The topological polar surface area (TPSA) is 0 Å². The van der Waals surface area contributed by atoms with Crippen molar-refractivity contribution in [2.75, 3.05) is 52.4 Å². The Morgan fingerprint density at radius 3 is 0.575 bits per heavy atom. The molecule has 0 fully saturated rings. The van der Waals surface area contributed by atoms with Crippen molar-refractivity contribution in [3.63, 3.8) is 0 Å². The van der Waals surface area contributed by atoms with Gasteiger partial charge in [-0.3, -0.25) is 19.7 Å². The van der Waals surface area contributed by atoms with Gasteiger partial charge in [-0.1, -0.05) is 107 Å². The lowest BCUT2D eigenvalue weighted by atomic mass is 10.1. The van der Waals surface area contributed by atoms with Crippen molar-refractivity contribution in [2.45, 2.75) is 158 Å². The normalized spacial score (nSPS) is 11.6. The van der Waals surface area contributed by atoms with E-state index in [1.165, 1.54) is 203 Å². The summed E-state index contributed by atoms with van der Waals surface area (Å²) in [7, 11) is 5.63. The number of quaternary nitrogens is 2. The van der Waals surface area contributed by atoms with Crippen LogP contribution in [0.3, 0.4) is 0 Å². The minimum Gasteiger partial charge on any atom is -0.706 e. The monoisotopic (exact) mass is 676 g/mol. The van der Waals surface area contributed by atoms with Crippen molar-refractivity contribution in [3.8, 4) is 0 Å². The third-order valence-electron chi connectivity index (χ3n) is 7.97. The number of hydrogen-bond donors (Lipinski definition) is 0. The van der Waals surface area contributed by atoms with Crippen LogP contribution in [0.25, 0.3) is 0 Å². The molecule has 0 heterocycles. The van der Waals surface area contributed by atoms with Gasteiger partial charge in [0.25, 0.3) is 0 Å². The molecule has 0 spiro atoms. The maximum Gasteiger partial charge on any atom is 0.0786 e. The van der Waals surface area contributed by atoms with Gasteiger partial charge in [0, 0.05) is 0 Å². The maximum atomic E-state index is 4.52. The fourth-order valence-electron chi connectivity index (χ4n) is 5.31. The quantitative estimate of drug-likeness (QED) is 0.0365. The Bertz CT molecular complexity index is 342. The second kappa shape index (κ2) is 37.2. The molecule has 0 atom stereocenters. The molecule has 246 valence electrons. The average molecular weight is 677 g/mol. The highest BCUT2D eigenvalue weighted by molar-refractivity contribution is 9.37. The highest BCUT2D eigenvalue weighted by Crippen LogP contribution is 2.40. The smallest absolute Gasteiger partial charge is 0.0786 e. The molecule has 0 aliphatic rings. The molecule has 0 aromatic carbocycles. The standard InChI is InChI=1S/2C16H36N.H2S6/c2*1-5-9-13-17(14-10-6-2,15-11-7-3)16-12-8-4;1-3-5-6-4-2/h2*5-16H2,1-4H3;1-2H/q2*+1;/p-2. The van der Waals surface area contributed by atoms with Gasteiger partial charge in [-0.05, 0) is 71.0 Å². The van der Waals surface area contributed by atoms with Crippen molar-refractivity contribution < 1.29 is 8.97 Å². The van der Waals surface area contributed by atoms with Crippen LogP contribution in [0.4, 0.5) is 0 Å². The van der Waals surface area contributed by atoms with Crippen molar-refractivity contribution in [1.82, 2.24) is 0 Å². The molecule has 0 unspecified atom stereocenters. The fraction of sp³-hybridized carbons (Fsp3) is 1.00. The Morgan fingerprint density at radius 2 is 0.475 bits per heavy atom. The van der Waals surface area contributed by atoms with Gasteiger partial charge in [-0.15, -0.1) is 0 Å². The zero-order valence-corrected chi connectivity index (χ0v) is 33.2. The first-order valence-corrected chi connectivity index (χ1v) is 23.7. The van der Waals surface area contributed by atoms with Crippen LogP contribution in [0.2, 0.25) is 0 Å². The van der Waals surface area contributed by atoms with Crippen molar-refractivity contribution in [3.05, 3.63) is 0 Å². The lowest BCUT2D eigenvalue weighted by Gasteiger charge is -2.39. The highest BCUT2D eigenvalue weighted by atomic mass is 33.9. The second-order valence-corrected chi connectivity index (χ2v) is 18.6. The molecule has 0 amide bonds. The molecular weight excluding hydrogens is 605 g/mol. The molecule has 40 heavy (non-hydrogen) atoms. The minimum atomic E-state index is 1.30. The van der Waals surface area contributed by atoms with Crippen LogP contribution in [-0.2, 0) is 23.3 Å². The molecule has 2 nitrogen and oxygen atoms in total. The Labute approximate surface area is 280 Å². The van der Waals surface area contributed by atoms with Crippen LogP contribution in [0.1, 0.15) is 158 Å². The van der Waals surface area contributed by atoms with Gasteiger partial charge in [0.2, 0.25) is 0 Å². The summed E-state index contributed by atoms with van der Waals surface area (Å²) in [6, 6.07) is 0. The summed E-state index contributed by atoms with van der Waals surface area (Å²) in [4.78, 5) is 0. The third kappa shape index (κ3) is 30.1. The molecule has 8 heteroatoms. The predicted octanol–water partition coefficient (Wildman–Crippen LogP) is 12.6. The van der Waals surface area contributed by atoms with Crippen LogP contribution in [0.15, 0.2) is 0 Å². The van der Waals surface area contributed by atoms with Crippen molar-refractivity contribution >= 4 is 62.6 Å². The van der Waals surface area contributed by atoms with E-state index in [0.29, 0.717) is 0 Å². The molecule has 0 radical (unpaired) electrons. The van der Waals surface area contributed by atoms with E-state index in [2.05, 4.69) is 78.7 Å². The van der Waals surface area contributed by atoms with Gasteiger partial charge in [0.05, 0.1) is 52.4 Å². The van der Waals surface area contributed by atoms with E-state index in [0.717, 1.165) is 0 Å². The number of hydrogen-bond acceptors (Lipinski definition) is 6. The van der Waals surface area contributed by atoms with E-state index in [1.807, 2.05) is 0 Å². The van der Waals surface area contributed by atoms with Crippen LogP contribution in [0.5, 0.6) is 0 Å². The van der Waals surface area contributed by atoms with Gasteiger partial charge < -0.3 is 32.3 Å². The average Bonchev–Trinajstić information content (AvgIpc) is 2.99. The van der Waals surface area contributed by atoms with E-state index in [1.54, 1.807) is 0 Å². The van der Waals surface area contributed by atoms with Gasteiger partial charge in [-0.25, -0.2) is 0 Å². The molecule has 0 aromatic rings. The van der Waals surface area contributed by atoms with Gasteiger partial charge >= 0.3 is 0 Å². The Morgan fingerprint density at radius 1 is 0.325 bits per heavy atom. The Kier molecular flexibility index (Phi) is 43.2. The lowest BCUT2D eigenvalue weighted by Crippen LogP contribution is -2.50. The van der Waals surface area contributed by atoms with E-state index in [4.69, 9.17) is 0 Å². The van der Waals surface area contributed by atoms with Crippen molar-refractivity contribution in [2.24, 2.45) is 0 Å². The molecule has 0 saturated heterocycles. The predicted molar refractivity (Wildman–Crippen MR) is 204 cm³/mol. The molecule has 0 rings (SSSR count). The molecular formula is C32H72N2S6. The first kappa shape index (κ1) is 46.4. The summed E-state index contributed by atoms with van der Waals surface area (Å²) >= 11 is 9.03. The van der Waals surface area contributed by atoms with E-state index >= 15 is 0 Å². The van der Waals surface area contributed by atoms with Gasteiger partial charge in [0.1, 0.15) is 0 Å². The second-order valence-electron chi connectivity index (χ2n) is 11.6. The fourth-order valence-corrected chi connectivity index (χ4v) is 10.8. The summed E-state index contributed by atoms with van der Waals surface area (Å²) in [5.74, 6) is 0. The van der Waals surface area contributed by atoms with E-state index < -0.39 is 0 Å². The van der Waals surface area contributed by atoms with Crippen LogP contribution >= 0.6 is 39.3 Å². The zero-order valence-electron chi connectivity index (χ0n) is 28.3. The maximum absolute atomic E-state index is 4.52. The summed E-state index contributed by atoms with van der Waals surface area (Å²) in [5, 5.41) is 0. The van der Waals surface area contributed by atoms with Gasteiger partial charge in [-0.2, -0.15) is 0 Å². The molecule has 0 aliphatic carbocycles. The molecule has 0 aliphatic heterocycles. The van der Waals surface area contributed by atoms with Crippen molar-refractivity contribution in [1.29, 1.82) is 0 Å². The summed E-state index contributed by atoms with van der Waals surface area (Å²) in [5.41, 5.74) is 0. The first-order valence-electron chi connectivity index (χ1n) is 17.0. The first-order chi connectivity index (χ1) is 19.4. The Hall–Kier alpha value is 2.02. The number of rotatable bonds is 27. The third-order valence-corrected chi connectivity index (χ3v) is 14.6. The molecule has 0 bridgehead atoms. The van der Waals surface area contributed by atoms with Crippen LogP contribution < -0.4 is 0 Å². The van der Waals surface area contributed by atoms with E-state index in [9.17, 15) is 0 Å². The number of nitrogens with zero attached hydrogens (tertiary/aromatic N) is 2. The summed E-state index contributed by atoms with van der Waals surface area (Å²) < 4.78 is 2.84. The SMILES string of the molecule is CCCC[N+](CCCC)(CCCC)CCCC.CCCC[N+](CCCC)(CCCC)CCCC.[S-]SSSS[S-]. The minimum absolute atomic E-state index is 1.30. The molecule has 0 N–H and O–H groups in total. The molecule has 0 saturated carbocycles. The van der Waals surface area contributed by atoms with Gasteiger partial charge in [0.15, 0.2) is 0 Å². The van der Waals surface area contributed by atoms with E-state index in [-0.39, 0.29) is 0 Å². The lowest BCUT2D eigenvalue weighted by molar-refractivity contribution is -0.929. The number of unbranched alkanes of at least 4 members (excludes halogenated alkanes) is 8. The van der Waals surface area contributed by atoms with Crippen LogP contribution in [0, 0.1) is 0 Å². The summed E-state index contributed by atoms with van der Waals surface area (Å²) in [6.45, 7) is 30.0. The Balaban J connectivity index is -0.000000569. The highest BCUT2D eigenvalue weighted by Gasteiger charge is 2.25.